The number of anilines is 2. The van der Waals surface area contributed by atoms with Gasteiger partial charge in [-0.05, 0) is 36.4 Å². The van der Waals surface area contributed by atoms with E-state index in [4.69, 9.17) is 4.99 Å². The quantitative estimate of drug-likeness (QED) is 0.649. The van der Waals surface area contributed by atoms with Gasteiger partial charge >= 0.3 is 0 Å². The maximum atomic E-state index is 13.0. The van der Waals surface area contributed by atoms with Crippen molar-refractivity contribution in [3.63, 3.8) is 0 Å². The number of carbonyl (C=O) groups excluding carboxylic acids is 1. The molecule has 0 bridgehead atoms. The molecule has 7 heteroatoms. The Balaban J connectivity index is 1.51. The highest BCUT2D eigenvalue weighted by Crippen LogP contribution is 2.23. The molecule has 0 radical (unpaired) electrons. The number of benzene rings is 3. The molecule has 0 saturated heterocycles. The van der Waals surface area contributed by atoms with Crippen LogP contribution in [0.3, 0.4) is 0 Å². The van der Waals surface area contributed by atoms with Gasteiger partial charge < -0.3 is 10.2 Å². The van der Waals surface area contributed by atoms with Crippen molar-refractivity contribution in [2.24, 2.45) is 9.98 Å². The molecule has 150 valence electrons. The number of thioether (sulfide) groups is 1. The predicted molar refractivity (Wildman–Crippen MR) is 122 cm³/mol. The molecule has 0 aromatic heterocycles. The Labute approximate surface area is 178 Å². The molecule has 0 spiro atoms. The van der Waals surface area contributed by atoms with E-state index in [9.17, 15) is 9.18 Å². The number of amidine groups is 2. The number of nitrogens with one attached hydrogen (secondary N) is 1. The summed E-state index contributed by atoms with van der Waals surface area (Å²) >= 11 is 1.34. The molecule has 1 amide bonds. The van der Waals surface area contributed by atoms with Gasteiger partial charge in [-0.2, -0.15) is 0 Å². The third-order valence-corrected chi connectivity index (χ3v) is 5.33. The molecule has 3 aromatic carbocycles. The van der Waals surface area contributed by atoms with Gasteiger partial charge in [-0.3, -0.25) is 4.79 Å². The summed E-state index contributed by atoms with van der Waals surface area (Å²) in [5.74, 6) is 0.280. The van der Waals surface area contributed by atoms with Crippen LogP contribution in [-0.2, 0) is 4.79 Å². The minimum atomic E-state index is -0.342. The molecular formula is C23H19FN4OS. The van der Waals surface area contributed by atoms with Gasteiger partial charge in [-0.15, -0.1) is 0 Å². The summed E-state index contributed by atoms with van der Waals surface area (Å²) in [5, 5.41) is 3.47. The van der Waals surface area contributed by atoms with Crippen LogP contribution in [0.15, 0.2) is 94.9 Å². The maximum absolute atomic E-state index is 13.0. The van der Waals surface area contributed by atoms with Crippen LogP contribution in [0.2, 0.25) is 0 Å². The molecule has 1 heterocycles. The fourth-order valence-corrected chi connectivity index (χ4v) is 3.70. The number of amides is 1. The molecule has 1 N–H and O–H groups in total. The van der Waals surface area contributed by atoms with Gasteiger partial charge in [0.1, 0.15) is 12.5 Å². The number of hydrogen-bond acceptors (Lipinski definition) is 5. The number of para-hydroxylation sites is 1. The lowest BCUT2D eigenvalue weighted by atomic mass is 10.2. The minimum Gasteiger partial charge on any atom is -0.325 e. The van der Waals surface area contributed by atoms with E-state index >= 15 is 0 Å². The van der Waals surface area contributed by atoms with Crippen molar-refractivity contribution in [3.05, 3.63) is 96.3 Å². The summed E-state index contributed by atoms with van der Waals surface area (Å²) in [5.41, 5.74) is 2.44. The van der Waals surface area contributed by atoms with Gasteiger partial charge in [0, 0.05) is 16.9 Å². The van der Waals surface area contributed by atoms with Crippen LogP contribution in [0.25, 0.3) is 0 Å². The minimum absolute atomic E-state index is 0.168. The SMILES string of the molecule is O=C(CSC1=NC(c2ccccc2)=NCN1c1ccccc1)Nc1ccc(F)cc1. The summed E-state index contributed by atoms with van der Waals surface area (Å²) in [7, 11) is 0. The second-order valence-corrected chi connectivity index (χ2v) is 7.43. The van der Waals surface area contributed by atoms with E-state index in [2.05, 4.69) is 10.3 Å². The molecule has 5 nitrogen and oxygen atoms in total. The zero-order valence-corrected chi connectivity index (χ0v) is 16.8. The average Bonchev–Trinajstić information content (AvgIpc) is 2.80. The first-order chi connectivity index (χ1) is 14.7. The summed E-state index contributed by atoms with van der Waals surface area (Å²) in [6, 6.07) is 25.3. The molecule has 1 aliphatic heterocycles. The largest absolute Gasteiger partial charge is 0.325 e. The van der Waals surface area contributed by atoms with Gasteiger partial charge in [0.2, 0.25) is 5.91 Å². The molecule has 30 heavy (non-hydrogen) atoms. The fourth-order valence-electron chi connectivity index (χ4n) is 2.90. The topological polar surface area (TPSA) is 57.1 Å². The van der Waals surface area contributed by atoms with Gasteiger partial charge in [0.15, 0.2) is 11.0 Å². The lowest BCUT2D eigenvalue weighted by Crippen LogP contribution is -2.34. The molecule has 1 aliphatic rings. The number of carbonyl (C=O) groups is 1. The smallest absolute Gasteiger partial charge is 0.234 e. The third kappa shape index (κ3) is 4.93. The van der Waals surface area contributed by atoms with Crippen LogP contribution in [-0.4, -0.2) is 29.3 Å². The van der Waals surface area contributed by atoms with Crippen LogP contribution >= 0.6 is 11.8 Å². The number of halogens is 1. The molecule has 3 aromatic rings. The van der Waals surface area contributed by atoms with Gasteiger partial charge in [0.25, 0.3) is 0 Å². The summed E-state index contributed by atoms with van der Waals surface area (Å²) in [6.45, 7) is 0.416. The van der Waals surface area contributed by atoms with E-state index in [-0.39, 0.29) is 17.5 Å². The summed E-state index contributed by atoms with van der Waals surface area (Å²) in [6.07, 6.45) is 0. The Morgan fingerprint density at radius 2 is 1.63 bits per heavy atom. The lowest BCUT2D eigenvalue weighted by Gasteiger charge is -2.27. The van der Waals surface area contributed by atoms with E-state index in [1.165, 1.54) is 36.0 Å². The van der Waals surface area contributed by atoms with Crippen molar-refractivity contribution in [3.8, 4) is 0 Å². The van der Waals surface area contributed by atoms with Crippen molar-refractivity contribution in [1.29, 1.82) is 0 Å². The third-order valence-electron chi connectivity index (χ3n) is 4.35. The highest BCUT2D eigenvalue weighted by molar-refractivity contribution is 8.14. The van der Waals surface area contributed by atoms with Crippen LogP contribution < -0.4 is 10.2 Å². The lowest BCUT2D eigenvalue weighted by molar-refractivity contribution is -0.113. The fraction of sp³-hybridized carbons (Fsp3) is 0.0870. The number of nitrogens with zero attached hydrogens (tertiary/aromatic N) is 3. The second kappa shape index (κ2) is 9.37. The molecule has 0 aliphatic carbocycles. The van der Waals surface area contributed by atoms with Gasteiger partial charge in [0.05, 0.1) is 5.75 Å². The molecule has 0 unspecified atom stereocenters. The average molecular weight is 418 g/mol. The molecule has 0 atom stereocenters. The van der Waals surface area contributed by atoms with Crippen LogP contribution in [0.5, 0.6) is 0 Å². The Morgan fingerprint density at radius 1 is 0.967 bits per heavy atom. The summed E-state index contributed by atoms with van der Waals surface area (Å²) < 4.78 is 13.0. The Kier molecular flexibility index (Phi) is 6.20. The highest BCUT2D eigenvalue weighted by atomic mass is 32.2. The second-order valence-electron chi connectivity index (χ2n) is 6.49. The number of hydrogen-bond donors (Lipinski definition) is 1. The first-order valence-electron chi connectivity index (χ1n) is 9.38. The van der Waals surface area contributed by atoms with E-state index in [0.717, 1.165) is 11.3 Å². The van der Waals surface area contributed by atoms with Crippen LogP contribution in [0.4, 0.5) is 15.8 Å². The highest BCUT2D eigenvalue weighted by Gasteiger charge is 2.21. The van der Waals surface area contributed by atoms with E-state index < -0.39 is 0 Å². The Bertz CT molecular complexity index is 1070. The summed E-state index contributed by atoms with van der Waals surface area (Å²) in [4.78, 5) is 23.7. The van der Waals surface area contributed by atoms with Crippen molar-refractivity contribution in [2.45, 2.75) is 0 Å². The van der Waals surface area contributed by atoms with E-state index in [1.54, 1.807) is 0 Å². The van der Waals surface area contributed by atoms with Crippen LogP contribution in [0, 0.1) is 5.82 Å². The number of rotatable bonds is 5. The first-order valence-corrected chi connectivity index (χ1v) is 10.4. The van der Waals surface area contributed by atoms with Crippen molar-refractivity contribution < 1.29 is 9.18 Å². The van der Waals surface area contributed by atoms with E-state index in [1.807, 2.05) is 65.6 Å². The van der Waals surface area contributed by atoms with Crippen molar-refractivity contribution >= 4 is 40.0 Å². The molecule has 0 fully saturated rings. The zero-order chi connectivity index (χ0) is 20.8. The monoisotopic (exact) mass is 418 g/mol. The van der Waals surface area contributed by atoms with Crippen molar-refractivity contribution in [2.75, 3.05) is 22.6 Å². The Hall–Kier alpha value is -3.45. The number of aliphatic imine (C=N–C) groups is 2. The molecule has 4 rings (SSSR count). The maximum Gasteiger partial charge on any atom is 0.234 e. The molecule has 0 saturated carbocycles. The normalized spacial score (nSPS) is 13.4. The standard InChI is InChI=1S/C23H19FN4OS/c24-18-11-13-19(14-12-18)26-21(29)15-30-23-27-22(17-7-3-1-4-8-17)25-16-28(23)20-9-5-2-6-10-20/h1-14H,15-16H2,(H,26,29). The Morgan fingerprint density at radius 3 is 2.33 bits per heavy atom. The first kappa shape index (κ1) is 19.8. The van der Waals surface area contributed by atoms with Gasteiger partial charge in [-0.25, -0.2) is 14.4 Å². The van der Waals surface area contributed by atoms with Crippen LogP contribution in [0.1, 0.15) is 5.56 Å². The zero-order valence-electron chi connectivity index (χ0n) is 16.0. The van der Waals surface area contributed by atoms with Gasteiger partial charge in [-0.1, -0.05) is 60.3 Å². The predicted octanol–water partition coefficient (Wildman–Crippen LogP) is 4.78. The van der Waals surface area contributed by atoms with Crippen molar-refractivity contribution in [1.82, 2.24) is 0 Å². The molecular weight excluding hydrogens is 399 g/mol. The van der Waals surface area contributed by atoms with E-state index in [0.29, 0.717) is 23.4 Å².